The molecule has 0 aromatic carbocycles. The number of nitrogens with zero attached hydrogens (tertiary/aromatic N) is 1. The van der Waals surface area contributed by atoms with E-state index >= 15 is 0 Å². The minimum absolute atomic E-state index is 0.100. The number of carbonyl (C=O) groups excluding carboxylic acids is 1. The summed E-state index contributed by atoms with van der Waals surface area (Å²) >= 11 is 0. The molecule has 0 aliphatic carbocycles. The molecule has 0 atom stereocenters. The van der Waals surface area contributed by atoms with E-state index in [1.807, 2.05) is 0 Å². The normalized spacial score (nSPS) is 9.86. The molecule has 0 aliphatic rings. The van der Waals surface area contributed by atoms with Crippen molar-refractivity contribution in [2.45, 2.75) is 0 Å². The number of nitrogens with one attached hydrogen (secondary N) is 2. The number of aromatic nitrogens is 1. The van der Waals surface area contributed by atoms with Crippen LogP contribution in [0.1, 0.15) is 0 Å². The van der Waals surface area contributed by atoms with E-state index in [0.29, 0.717) is 5.69 Å². The van der Waals surface area contributed by atoms with Crippen LogP contribution in [0.3, 0.4) is 0 Å². The highest BCUT2D eigenvalue weighted by molar-refractivity contribution is 5.91. The van der Waals surface area contributed by atoms with Gasteiger partial charge in [-0.2, -0.15) is 0 Å². The summed E-state index contributed by atoms with van der Waals surface area (Å²) in [5, 5.41) is 5.38. The van der Waals surface area contributed by atoms with E-state index in [4.69, 9.17) is 0 Å². The minimum atomic E-state index is -0.133. The Labute approximate surface area is 81.7 Å². The highest BCUT2D eigenvalue weighted by Gasteiger charge is 2.00. The van der Waals surface area contributed by atoms with E-state index < -0.39 is 0 Å². The quantitative estimate of drug-likeness (QED) is 0.686. The van der Waals surface area contributed by atoms with Crippen molar-refractivity contribution in [3.05, 3.63) is 28.7 Å². The van der Waals surface area contributed by atoms with E-state index in [1.54, 1.807) is 26.4 Å². The molecule has 0 unspecified atom stereocenters. The Hall–Kier alpha value is -1.62. The molecule has 0 saturated carbocycles. The van der Waals surface area contributed by atoms with Crippen molar-refractivity contribution in [2.24, 2.45) is 7.05 Å². The molecule has 0 fully saturated rings. The van der Waals surface area contributed by atoms with Gasteiger partial charge in [0.25, 0.3) is 0 Å². The Bertz CT molecular complexity index is 384. The maximum Gasteiger partial charge on any atom is 0.250 e. The van der Waals surface area contributed by atoms with Gasteiger partial charge in [0.15, 0.2) is 0 Å². The van der Waals surface area contributed by atoms with Crippen LogP contribution < -0.4 is 16.2 Å². The molecule has 14 heavy (non-hydrogen) atoms. The summed E-state index contributed by atoms with van der Waals surface area (Å²) in [6, 6.07) is 2.99. The van der Waals surface area contributed by atoms with Crippen LogP contribution in [-0.4, -0.2) is 24.1 Å². The Balaban J connectivity index is 2.73. The van der Waals surface area contributed by atoms with Crippen LogP contribution in [0.5, 0.6) is 0 Å². The van der Waals surface area contributed by atoms with E-state index in [1.165, 1.54) is 10.6 Å². The lowest BCUT2D eigenvalue weighted by Gasteiger charge is -2.05. The van der Waals surface area contributed by atoms with Gasteiger partial charge in [0, 0.05) is 19.3 Å². The standard InChI is InChI=1S/C9H13N3O2/c1-10-5-8(13)11-7-3-4-9(14)12(2)6-7/h3-4,6,10H,5H2,1-2H3,(H,11,13). The summed E-state index contributed by atoms with van der Waals surface area (Å²) in [4.78, 5) is 22.2. The molecular formula is C9H13N3O2. The first-order valence-corrected chi connectivity index (χ1v) is 4.24. The molecule has 0 aliphatic heterocycles. The fourth-order valence-corrected chi connectivity index (χ4v) is 1.03. The van der Waals surface area contributed by atoms with Crippen LogP contribution in [0, 0.1) is 0 Å². The van der Waals surface area contributed by atoms with Crippen molar-refractivity contribution >= 4 is 11.6 Å². The second-order valence-electron chi connectivity index (χ2n) is 2.95. The van der Waals surface area contributed by atoms with Crippen molar-refractivity contribution in [3.63, 3.8) is 0 Å². The summed E-state index contributed by atoms with van der Waals surface area (Å²) in [5.41, 5.74) is 0.518. The third-order valence-electron chi connectivity index (χ3n) is 1.71. The Morgan fingerprint density at radius 2 is 2.21 bits per heavy atom. The fraction of sp³-hybridized carbons (Fsp3) is 0.333. The van der Waals surface area contributed by atoms with Crippen LogP contribution in [0.4, 0.5) is 5.69 Å². The summed E-state index contributed by atoms with van der Waals surface area (Å²) in [7, 11) is 3.33. The zero-order chi connectivity index (χ0) is 10.6. The molecule has 0 spiro atoms. The molecule has 5 nitrogen and oxygen atoms in total. The zero-order valence-corrected chi connectivity index (χ0v) is 8.20. The van der Waals surface area contributed by atoms with Crippen LogP contribution in [0.25, 0.3) is 0 Å². The summed E-state index contributed by atoms with van der Waals surface area (Å²) in [6.45, 7) is 0.253. The highest BCUT2D eigenvalue weighted by atomic mass is 16.2. The smallest absolute Gasteiger partial charge is 0.250 e. The predicted molar refractivity (Wildman–Crippen MR) is 54.2 cm³/mol. The monoisotopic (exact) mass is 195 g/mol. The van der Waals surface area contributed by atoms with Crippen LogP contribution in [-0.2, 0) is 11.8 Å². The predicted octanol–water partition coefficient (Wildman–Crippen LogP) is -0.457. The van der Waals surface area contributed by atoms with Crippen LogP contribution >= 0.6 is 0 Å². The summed E-state index contributed by atoms with van der Waals surface area (Å²) < 4.78 is 1.41. The molecule has 5 heteroatoms. The van der Waals surface area contributed by atoms with Gasteiger partial charge < -0.3 is 15.2 Å². The number of hydrogen-bond acceptors (Lipinski definition) is 3. The second-order valence-corrected chi connectivity index (χ2v) is 2.95. The van der Waals surface area contributed by atoms with Gasteiger partial charge in [0.1, 0.15) is 0 Å². The third-order valence-corrected chi connectivity index (χ3v) is 1.71. The van der Waals surface area contributed by atoms with Gasteiger partial charge in [-0.05, 0) is 13.1 Å². The number of anilines is 1. The number of amides is 1. The first kappa shape index (κ1) is 10.5. The summed E-state index contributed by atoms with van der Waals surface area (Å²) in [6.07, 6.45) is 1.58. The largest absolute Gasteiger partial charge is 0.324 e. The van der Waals surface area contributed by atoms with E-state index in [-0.39, 0.29) is 18.0 Å². The van der Waals surface area contributed by atoms with Gasteiger partial charge in [-0.1, -0.05) is 0 Å². The fourth-order valence-electron chi connectivity index (χ4n) is 1.03. The lowest BCUT2D eigenvalue weighted by atomic mass is 10.4. The molecule has 1 amide bonds. The van der Waals surface area contributed by atoms with Crippen LogP contribution in [0.2, 0.25) is 0 Å². The minimum Gasteiger partial charge on any atom is -0.324 e. The van der Waals surface area contributed by atoms with Gasteiger partial charge >= 0.3 is 0 Å². The molecular weight excluding hydrogens is 182 g/mol. The number of carbonyl (C=O) groups is 1. The van der Waals surface area contributed by atoms with E-state index in [9.17, 15) is 9.59 Å². The molecule has 76 valence electrons. The third kappa shape index (κ3) is 2.70. The molecule has 1 aromatic heterocycles. The molecule has 0 saturated heterocycles. The van der Waals surface area contributed by atoms with Gasteiger partial charge in [-0.15, -0.1) is 0 Å². The van der Waals surface area contributed by atoms with Gasteiger partial charge in [-0.25, -0.2) is 0 Å². The maximum absolute atomic E-state index is 11.1. The highest BCUT2D eigenvalue weighted by Crippen LogP contribution is 2.01. The number of likely N-dealkylation sites (N-methyl/N-ethyl adjacent to an activating group) is 1. The first-order chi connectivity index (χ1) is 6.63. The molecule has 1 heterocycles. The van der Waals surface area contributed by atoms with E-state index in [0.717, 1.165) is 0 Å². The van der Waals surface area contributed by atoms with E-state index in [2.05, 4.69) is 10.6 Å². The number of pyridine rings is 1. The number of aryl methyl sites for hydroxylation is 1. The molecule has 2 N–H and O–H groups in total. The molecule has 0 radical (unpaired) electrons. The Kier molecular flexibility index (Phi) is 3.41. The average molecular weight is 195 g/mol. The van der Waals surface area contributed by atoms with Gasteiger partial charge in [-0.3, -0.25) is 9.59 Å². The van der Waals surface area contributed by atoms with Gasteiger partial charge in [0.05, 0.1) is 12.2 Å². The van der Waals surface area contributed by atoms with Crippen molar-refractivity contribution in [1.82, 2.24) is 9.88 Å². The van der Waals surface area contributed by atoms with Crippen LogP contribution in [0.15, 0.2) is 23.1 Å². The van der Waals surface area contributed by atoms with Crippen molar-refractivity contribution in [2.75, 3.05) is 18.9 Å². The Morgan fingerprint density at radius 3 is 2.79 bits per heavy atom. The maximum atomic E-state index is 11.1. The SMILES string of the molecule is CNCC(=O)Nc1ccc(=O)n(C)c1. The lowest BCUT2D eigenvalue weighted by Crippen LogP contribution is -2.26. The number of rotatable bonds is 3. The first-order valence-electron chi connectivity index (χ1n) is 4.24. The zero-order valence-electron chi connectivity index (χ0n) is 8.20. The molecule has 1 aromatic rings. The number of hydrogen-bond donors (Lipinski definition) is 2. The lowest BCUT2D eigenvalue weighted by molar-refractivity contribution is -0.115. The van der Waals surface area contributed by atoms with Gasteiger partial charge in [0.2, 0.25) is 11.5 Å². The summed E-state index contributed by atoms with van der Waals surface area (Å²) in [5.74, 6) is -0.133. The average Bonchev–Trinajstić information content (AvgIpc) is 2.12. The Morgan fingerprint density at radius 1 is 1.50 bits per heavy atom. The topological polar surface area (TPSA) is 63.1 Å². The van der Waals surface area contributed by atoms with Crippen molar-refractivity contribution < 1.29 is 4.79 Å². The second kappa shape index (κ2) is 4.57. The molecule has 0 bridgehead atoms. The van der Waals surface area contributed by atoms with Crippen molar-refractivity contribution in [1.29, 1.82) is 0 Å². The van der Waals surface area contributed by atoms with Crippen molar-refractivity contribution in [3.8, 4) is 0 Å². The molecule has 1 rings (SSSR count).